The Morgan fingerprint density at radius 2 is 2.06 bits per heavy atom. The summed E-state index contributed by atoms with van der Waals surface area (Å²) >= 11 is 3.36. The van der Waals surface area contributed by atoms with Crippen molar-refractivity contribution in [3.8, 4) is 0 Å². The smallest absolute Gasteiger partial charge is 0.266 e. The van der Waals surface area contributed by atoms with E-state index in [1.165, 1.54) is 19.2 Å². The fourth-order valence-corrected chi connectivity index (χ4v) is 3.15. The van der Waals surface area contributed by atoms with E-state index in [0.717, 1.165) is 29.6 Å². The molecule has 0 aliphatic heterocycles. The molecule has 5 heteroatoms. The third-order valence-electron chi connectivity index (χ3n) is 3.67. The van der Waals surface area contributed by atoms with Crippen LogP contribution in [0.2, 0.25) is 0 Å². The molecule has 2 aromatic heterocycles. The largest absolute Gasteiger partial charge is 0.289 e. The monoisotopic (exact) mass is 307 g/mol. The number of halogens is 1. The lowest BCUT2D eigenvalue weighted by Gasteiger charge is -2.16. The summed E-state index contributed by atoms with van der Waals surface area (Å²) in [6.45, 7) is 1.94. The highest BCUT2D eigenvalue weighted by atomic mass is 79.9. The van der Waals surface area contributed by atoms with Crippen molar-refractivity contribution in [2.24, 2.45) is 0 Å². The van der Waals surface area contributed by atoms with Gasteiger partial charge in [-0.15, -0.1) is 0 Å². The average molecular weight is 308 g/mol. The topological polar surface area (TPSA) is 47.8 Å². The molecule has 1 aliphatic carbocycles. The minimum atomic E-state index is 0.0208. The summed E-state index contributed by atoms with van der Waals surface area (Å²) in [6.07, 6.45) is 6.05. The van der Waals surface area contributed by atoms with Gasteiger partial charge in [0.25, 0.3) is 5.56 Å². The Bertz CT molecular complexity index is 659. The van der Waals surface area contributed by atoms with Crippen molar-refractivity contribution in [2.75, 3.05) is 0 Å². The second kappa shape index (κ2) is 4.46. The highest BCUT2D eigenvalue weighted by molar-refractivity contribution is 9.10. The summed E-state index contributed by atoms with van der Waals surface area (Å²) in [5.41, 5.74) is 1.70. The first-order chi connectivity index (χ1) is 8.68. The van der Waals surface area contributed by atoms with Gasteiger partial charge in [0.05, 0.1) is 10.2 Å². The lowest BCUT2D eigenvalue weighted by atomic mass is 10.2. The van der Waals surface area contributed by atoms with Gasteiger partial charge < -0.3 is 0 Å². The van der Waals surface area contributed by atoms with Crippen molar-refractivity contribution in [3.63, 3.8) is 0 Å². The molecule has 4 nitrogen and oxygen atoms in total. The maximum atomic E-state index is 12.3. The van der Waals surface area contributed by atoms with E-state index in [1.807, 2.05) is 17.6 Å². The molecule has 0 spiro atoms. The molecule has 1 fully saturated rings. The first-order valence-corrected chi connectivity index (χ1v) is 7.00. The lowest BCUT2D eigenvalue weighted by Crippen LogP contribution is -2.25. The van der Waals surface area contributed by atoms with Gasteiger partial charge in [0.15, 0.2) is 0 Å². The summed E-state index contributed by atoms with van der Waals surface area (Å²) in [7, 11) is 0. The normalized spacial score (nSPS) is 16.6. The lowest BCUT2D eigenvalue weighted by molar-refractivity contribution is 0.514. The maximum absolute atomic E-state index is 12.3. The highest BCUT2D eigenvalue weighted by Gasteiger charge is 2.22. The van der Waals surface area contributed by atoms with E-state index in [1.54, 1.807) is 0 Å². The number of rotatable bonds is 1. The number of aromatic nitrogens is 3. The minimum Gasteiger partial charge on any atom is -0.289 e. The van der Waals surface area contributed by atoms with Gasteiger partial charge in [0.2, 0.25) is 0 Å². The summed E-state index contributed by atoms with van der Waals surface area (Å²) in [5.74, 6) is 0. The fraction of sp³-hybridized carbons (Fsp3) is 0.462. The Hall–Kier alpha value is -1.23. The molecule has 0 radical (unpaired) electrons. The van der Waals surface area contributed by atoms with Crippen LogP contribution in [0.1, 0.15) is 37.4 Å². The van der Waals surface area contributed by atoms with Gasteiger partial charge in [-0.05, 0) is 41.8 Å². The molecule has 0 amide bonds. The van der Waals surface area contributed by atoms with Gasteiger partial charge in [-0.25, -0.2) is 9.97 Å². The van der Waals surface area contributed by atoms with Gasteiger partial charge in [-0.3, -0.25) is 9.36 Å². The summed E-state index contributed by atoms with van der Waals surface area (Å²) < 4.78 is 2.45. The zero-order valence-corrected chi connectivity index (χ0v) is 11.8. The van der Waals surface area contributed by atoms with E-state index in [9.17, 15) is 4.79 Å². The molecule has 2 aromatic rings. The van der Waals surface area contributed by atoms with E-state index >= 15 is 0 Å². The van der Waals surface area contributed by atoms with Gasteiger partial charge in [-0.2, -0.15) is 0 Å². The molecule has 94 valence electrons. The first kappa shape index (κ1) is 11.8. The van der Waals surface area contributed by atoms with Crippen molar-refractivity contribution in [3.05, 3.63) is 32.9 Å². The van der Waals surface area contributed by atoms with Crippen LogP contribution in [0.3, 0.4) is 0 Å². The van der Waals surface area contributed by atoms with Gasteiger partial charge in [-0.1, -0.05) is 12.8 Å². The maximum Gasteiger partial charge on any atom is 0.266 e. The van der Waals surface area contributed by atoms with Crippen LogP contribution in [0.15, 0.2) is 21.7 Å². The molecule has 0 bridgehead atoms. The van der Waals surface area contributed by atoms with Crippen LogP contribution >= 0.6 is 15.9 Å². The quantitative estimate of drug-likeness (QED) is 0.814. The van der Waals surface area contributed by atoms with E-state index in [-0.39, 0.29) is 11.6 Å². The molecule has 18 heavy (non-hydrogen) atoms. The van der Waals surface area contributed by atoms with Gasteiger partial charge in [0.1, 0.15) is 12.0 Å². The van der Waals surface area contributed by atoms with Crippen LogP contribution in [0.4, 0.5) is 0 Å². The molecule has 0 aromatic carbocycles. The van der Waals surface area contributed by atoms with Crippen LogP contribution in [0.5, 0.6) is 0 Å². The number of fused-ring (bicyclic) bond motifs is 1. The van der Waals surface area contributed by atoms with Gasteiger partial charge >= 0.3 is 0 Å². The first-order valence-electron chi connectivity index (χ1n) is 6.21. The Morgan fingerprint density at radius 1 is 1.33 bits per heavy atom. The second-order valence-corrected chi connectivity index (χ2v) is 5.66. The number of pyridine rings is 1. The van der Waals surface area contributed by atoms with Crippen molar-refractivity contribution >= 4 is 27.0 Å². The van der Waals surface area contributed by atoms with E-state index in [4.69, 9.17) is 0 Å². The number of nitrogens with zero attached hydrogens (tertiary/aromatic N) is 3. The molecule has 0 saturated heterocycles. The second-order valence-electron chi connectivity index (χ2n) is 4.80. The minimum absolute atomic E-state index is 0.0208. The molecule has 0 unspecified atom stereocenters. The highest BCUT2D eigenvalue weighted by Crippen LogP contribution is 2.31. The molecular formula is C13H14BrN3O. The zero-order valence-electron chi connectivity index (χ0n) is 10.2. The van der Waals surface area contributed by atoms with E-state index < -0.39 is 0 Å². The summed E-state index contributed by atoms with van der Waals surface area (Å²) in [5, 5.41) is 0.955. The Morgan fingerprint density at radius 3 is 2.78 bits per heavy atom. The van der Waals surface area contributed by atoms with Crippen LogP contribution in [-0.2, 0) is 0 Å². The third-order valence-corrected chi connectivity index (χ3v) is 4.24. The Kier molecular flexibility index (Phi) is 2.93. The van der Waals surface area contributed by atoms with Crippen LogP contribution < -0.4 is 5.56 Å². The SMILES string of the molecule is Cc1ncnc2c1cc(Br)c(=O)n2C1CCCC1. The van der Waals surface area contributed by atoms with E-state index in [2.05, 4.69) is 25.9 Å². The third kappa shape index (κ3) is 1.77. The van der Waals surface area contributed by atoms with Crippen LogP contribution in [-0.4, -0.2) is 14.5 Å². The molecule has 3 rings (SSSR count). The van der Waals surface area contributed by atoms with Gasteiger partial charge in [0, 0.05) is 11.4 Å². The van der Waals surface area contributed by atoms with Crippen molar-refractivity contribution < 1.29 is 0 Å². The predicted octanol–water partition coefficient (Wildman–Crippen LogP) is 2.98. The molecule has 0 N–H and O–H groups in total. The summed E-state index contributed by atoms with van der Waals surface area (Å²) in [6, 6.07) is 2.12. The summed E-state index contributed by atoms with van der Waals surface area (Å²) in [4.78, 5) is 20.9. The Labute approximate surface area is 113 Å². The number of hydrogen-bond donors (Lipinski definition) is 0. The average Bonchev–Trinajstić information content (AvgIpc) is 2.86. The molecular weight excluding hydrogens is 294 g/mol. The van der Waals surface area contributed by atoms with Crippen LogP contribution in [0, 0.1) is 6.92 Å². The molecule has 2 heterocycles. The zero-order chi connectivity index (χ0) is 12.7. The fourth-order valence-electron chi connectivity index (χ4n) is 2.73. The predicted molar refractivity (Wildman–Crippen MR) is 73.7 cm³/mol. The molecule has 1 aliphatic rings. The standard InChI is InChI=1S/C13H14BrN3O/c1-8-10-6-11(14)13(18)17(9-4-2-3-5-9)12(10)16-7-15-8/h6-7,9H,2-5H2,1H3. The van der Waals surface area contributed by atoms with E-state index in [0.29, 0.717) is 4.47 Å². The van der Waals surface area contributed by atoms with Crippen molar-refractivity contribution in [1.82, 2.24) is 14.5 Å². The number of hydrogen-bond acceptors (Lipinski definition) is 3. The molecule has 0 atom stereocenters. The molecule has 1 saturated carbocycles. The van der Waals surface area contributed by atoms with Crippen molar-refractivity contribution in [2.45, 2.75) is 38.6 Å². The van der Waals surface area contributed by atoms with Crippen LogP contribution in [0.25, 0.3) is 11.0 Å². The number of aryl methyl sites for hydroxylation is 1. The van der Waals surface area contributed by atoms with Crippen molar-refractivity contribution in [1.29, 1.82) is 0 Å². The Balaban J connectivity index is 2.37.